The third kappa shape index (κ3) is 23.9. The number of nitrogens with zero attached hydrogens (tertiary/aromatic N) is 14. The van der Waals surface area contributed by atoms with E-state index < -0.39 is 90.7 Å². The molecule has 6 aromatic rings. The minimum Gasteiger partial charge on any atom is -0.460 e. The molecule has 0 radical (unpaired) electrons. The molecule has 684 valence electrons. The van der Waals surface area contributed by atoms with Gasteiger partial charge in [0.15, 0.2) is 17.8 Å². The molecule has 1 aliphatic carbocycles. The number of hydrogen-bond donors (Lipinski definition) is 8. The SMILES string of the molecule is CO[C@H]1C[C@@H]2CC[C@@H](C)[C@@](O)(O2)C(=O)C(=O)N2CCCC[C@H]2C(=O)O[C@H]([C@H](C)C[C@@H]2CC[C@@H](O)[C@H](OC)C2)C[C@@H](O)[C@H](C)/C=C(\C)[C@@H](O)[C@@H](OC)/C(=N/OCC(=O)N2CCc3nc(N4CCN(c5ncc(C(=O)NCCOCCC(=O)NCCCCn6nc(-c7ccc8oc(N)nc8c7)c7c(N)ncnc76)cn5)CC4)ncc3C2)[C@H](C)C[C@H](C)/C=C/C=C/C=C/1C. The van der Waals surface area contributed by atoms with Crippen LogP contribution in [0.15, 0.2) is 100 Å². The van der Waals surface area contributed by atoms with Crippen LogP contribution in [-0.2, 0) is 76.7 Å². The van der Waals surface area contributed by atoms with E-state index in [0.29, 0.717) is 180 Å². The summed E-state index contributed by atoms with van der Waals surface area (Å²) in [4.78, 5) is 128. The molecule has 2 bridgehead atoms. The number of allylic oxidation sites excluding steroid dienone is 5. The maximum absolute atomic E-state index is 14.8. The van der Waals surface area contributed by atoms with E-state index in [1.807, 2.05) is 68.2 Å². The van der Waals surface area contributed by atoms with Gasteiger partial charge in [-0.05, 0) is 138 Å². The van der Waals surface area contributed by atoms with E-state index in [4.69, 9.17) is 64.2 Å². The third-order valence-electron chi connectivity index (χ3n) is 25.4. The first-order valence-corrected chi connectivity index (χ1v) is 44.3. The highest BCUT2D eigenvalue weighted by atomic mass is 16.6. The number of aromatic nitrogens is 9. The van der Waals surface area contributed by atoms with Crippen LogP contribution in [0, 0.1) is 35.5 Å². The Bertz CT molecular complexity index is 4880. The van der Waals surface area contributed by atoms with Crippen molar-refractivity contribution in [2.24, 2.45) is 40.7 Å². The number of hydrogen-bond acceptors (Lipinski definition) is 31. The summed E-state index contributed by atoms with van der Waals surface area (Å²) in [6, 6.07) is 4.36. The second-order valence-electron chi connectivity index (χ2n) is 34.6. The number of unbranched alkanes of at least 4 members (excludes halogenated alkanes) is 1. The van der Waals surface area contributed by atoms with E-state index in [2.05, 4.69) is 52.5 Å². The van der Waals surface area contributed by atoms with Crippen LogP contribution in [0.5, 0.6) is 0 Å². The van der Waals surface area contributed by atoms with Gasteiger partial charge in [0.25, 0.3) is 29.5 Å². The Balaban J connectivity index is 0.622. The number of rotatable bonds is 24. The number of oxime groups is 1. The number of methoxy groups -OCH3 is 3. The predicted octanol–water partition coefficient (Wildman–Crippen LogP) is 7.11. The summed E-state index contributed by atoms with van der Waals surface area (Å²) in [6.45, 7) is 17.2. The fourth-order valence-corrected chi connectivity index (χ4v) is 17.8. The molecule has 126 heavy (non-hydrogen) atoms. The monoisotopic (exact) mass is 1750 g/mol. The molecule has 10 N–H and O–H groups in total. The fourth-order valence-electron chi connectivity index (χ4n) is 17.8. The lowest BCUT2D eigenvalue weighted by Crippen LogP contribution is -2.61. The number of benzene rings is 1. The molecule has 0 spiro atoms. The molecular formula is C90H126N18O18. The van der Waals surface area contributed by atoms with E-state index in [-0.39, 0.29) is 118 Å². The quantitative estimate of drug-likeness (QED) is 0.00983. The lowest BCUT2D eigenvalue weighted by molar-refractivity contribution is -0.265. The Hall–Kier alpha value is -10.3. The molecule has 1 aromatic carbocycles. The number of ketones is 1. The standard InChI is InChI=1S/C90H126N18O18/c1-53-18-12-11-13-19-54(2)71(119-8)45-64-24-21-59(7)90(118,126-64)81(114)85(116)107-31-16-14-20-67(107)86(117)124-72(56(4)42-60-22-25-68(109)73(43-60)120-9)46-69(110)55(3)41-58(6)79(113)80(121-10)77(57(5)40-53)103-123-51-75(112)106-33-27-65-63(50-106)49-97-89(101-65)105-36-34-104(35-37-105)88-95-47-62(48-96-88)84(115)94-30-39-122-38-28-74(111)93-29-15-17-32-108-83-76(82(91)98-52-99-83)78(102-108)61-23-26-70-66(44-61)100-87(92)125-70/h11-13,18-19,23,26,41,44,47-49,52-53,55-57,59-60,64,67-69,71-73,79-80,109-110,113,118H,14-17,20-22,24-25,27-40,42-43,45-46,50-51H2,1-10H3,(H2,92,100)(H,93,111)(H,94,115)(H2,91,98,99)/b13-11+,18-12+,54-19+,58-41+,103-77+/t53-,55-,56-,57-,59-,60+,64+,67+,68-,69-,71+,72+,73-,79-,80+,90-/m1/s1. The number of esters is 1. The van der Waals surface area contributed by atoms with Gasteiger partial charge in [0, 0.05) is 160 Å². The van der Waals surface area contributed by atoms with E-state index in [1.54, 1.807) is 62.9 Å². The zero-order chi connectivity index (χ0) is 89.9. The topological polar surface area (TPSA) is 471 Å². The number of anilines is 4. The summed E-state index contributed by atoms with van der Waals surface area (Å²) in [5, 5.41) is 63.4. The Kier molecular flexibility index (Phi) is 33.4. The number of piperazine rings is 1. The predicted molar refractivity (Wildman–Crippen MR) is 469 cm³/mol. The maximum atomic E-state index is 14.8. The maximum Gasteiger partial charge on any atom is 0.329 e. The van der Waals surface area contributed by atoms with Crippen LogP contribution in [0.1, 0.15) is 166 Å². The molecular weight excluding hydrogens is 1620 g/mol. The molecule has 1 saturated carbocycles. The summed E-state index contributed by atoms with van der Waals surface area (Å²) in [5.41, 5.74) is 18.7. The van der Waals surface area contributed by atoms with Crippen LogP contribution in [0.2, 0.25) is 0 Å². The molecule has 10 heterocycles. The molecule has 36 nitrogen and oxygen atoms in total. The van der Waals surface area contributed by atoms with Gasteiger partial charge in [0.1, 0.15) is 47.7 Å². The van der Waals surface area contributed by atoms with Crippen LogP contribution in [0.3, 0.4) is 0 Å². The summed E-state index contributed by atoms with van der Waals surface area (Å²) in [7, 11) is 4.61. The average molecular weight is 1750 g/mol. The summed E-state index contributed by atoms with van der Waals surface area (Å²) >= 11 is 0. The zero-order valence-corrected chi connectivity index (χ0v) is 74.1. The molecule has 0 unspecified atom stereocenters. The third-order valence-corrected chi connectivity index (χ3v) is 25.4. The first-order chi connectivity index (χ1) is 60.6. The van der Waals surface area contributed by atoms with Crippen molar-refractivity contribution in [2.45, 2.75) is 225 Å². The zero-order valence-electron chi connectivity index (χ0n) is 74.1. The van der Waals surface area contributed by atoms with Crippen molar-refractivity contribution in [1.29, 1.82) is 0 Å². The summed E-state index contributed by atoms with van der Waals surface area (Å²) < 4.78 is 43.3. The number of carbonyl (C=O) groups excluding carboxylic acids is 6. The number of nitrogens with one attached hydrogen (secondary N) is 2. The van der Waals surface area contributed by atoms with Gasteiger partial charge in [-0.2, -0.15) is 10.1 Å². The van der Waals surface area contributed by atoms with Gasteiger partial charge < -0.3 is 99.8 Å². The number of piperidine rings is 1. The van der Waals surface area contributed by atoms with Crippen molar-refractivity contribution < 1.29 is 86.9 Å². The molecule has 16 atom stereocenters. The Morgan fingerprint density at radius 3 is 2.31 bits per heavy atom. The minimum atomic E-state index is -2.47. The van der Waals surface area contributed by atoms with Gasteiger partial charge in [0.2, 0.25) is 23.6 Å². The van der Waals surface area contributed by atoms with Crippen LogP contribution < -0.4 is 31.9 Å². The number of fused-ring (bicyclic) bond motifs is 6. The van der Waals surface area contributed by atoms with Crippen molar-refractivity contribution in [3.63, 3.8) is 0 Å². The van der Waals surface area contributed by atoms with Gasteiger partial charge in [-0.3, -0.25) is 24.0 Å². The fraction of sp³-hybridized carbons (Fsp3) is 0.611. The van der Waals surface area contributed by atoms with Gasteiger partial charge in [0.05, 0.1) is 66.1 Å². The number of aryl methyl sites for hydroxylation is 1. The van der Waals surface area contributed by atoms with Crippen LogP contribution in [0.4, 0.5) is 23.7 Å². The number of nitrogen functional groups attached to an aromatic ring is 2. The summed E-state index contributed by atoms with van der Waals surface area (Å²) in [5.74, 6) is -6.95. The van der Waals surface area contributed by atoms with E-state index in [0.717, 1.165) is 22.4 Å². The van der Waals surface area contributed by atoms with Crippen LogP contribution in [-0.4, -0.2) is 270 Å². The highest BCUT2D eigenvalue weighted by Crippen LogP contribution is 2.40. The van der Waals surface area contributed by atoms with E-state index in [1.165, 1.54) is 30.7 Å². The lowest BCUT2D eigenvalue weighted by Gasteiger charge is -2.43. The van der Waals surface area contributed by atoms with Crippen molar-refractivity contribution in [1.82, 2.24) is 65.1 Å². The largest absolute Gasteiger partial charge is 0.460 e. The van der Waals surface area contributed by atoms with E-state index in [9.17, 15) is 49.2 Å². The molecule has 36 heteroatoms. The minimum absolute atomic E-state index is 0.0376. The number of ether oxygens (including phenoxy) is 6. The molecule has 5 aromatic heterocycles. The number of amides is 4. The number of nitrogens with two attached hydrogens (primary N) is 2. The Labute approximate surface area is 734 Å². The molecule has 3 saturated heterocycles. The van der Waals surface area contributed by atoms with Crippen molar-refractivity contribution in [2.75, 3.05) is 115 Å². The molecule has 6 aliphatic rings. The molecule has 12 rings (SSSR count). The number of cyclic esters (lactones) is 1. The Morgan fingerprint density at radius 1 is 0.778 bits per heavy atom. The molecule has 4 amide bonds. The first kappa shape index (κ1) is 94.8. The molecule has 4 fully saturated rings. The first-order valence-electron chi connectivity index (χ1n) is 44.3. The smallest absolute Gasteiger partial charge is 0.329 e. The van der Waals surface area contributed by atoms with Crippen molar-refractivity contribution in [3.05, 3.63) is 108 Å². The van der Waals surface area contributed by atoms with Gasteiger partial charge in [-0.1, -0.05) is 76.2 Å². The number of aliphatic hydroxyl groups excluding tert-OH is 3. The average Bonchev–Trinajstić information content (AvgIpc) is 0.983. The van der Waals surface area contributed by atoms with Gasteiger partial charge in [-0.25, -0.2) is 39.4 Å². The van der Waals surface area contributed by atoms with Crippen molar-refractivity contribution >= 4 is 87.0 Å². The highest BCUT2D eigenvalue weighted by Gasteiger charge is 2.53. The number of carbonyl (C=O) groups is 6. The van der Waals surface area contributed by atoms with Crippen molar-refractivity contribution in [3.8, 4) is 11.3 Å². The Morgan fingerprint density at radius 2 is 1.55 bits per heavy atom. The highest BCUT2D eigenvalue weighted by molar-refractivity contribution is 6.39. The van der Waals surface area contributed by atoms with Gasteiger partial charge in [-0.15, -0.1) is 0 Å². The number of aliphatic hydroxyl groups is 4. The van der Waals surface area contributed by atoms with Gasteiger partial charge >= 0.3 is 5.97 Å². The van der Waals surface area contributed by atoms with Crippen LogP contribution in [0.25, 0.3) is 33.4 Å². The van der Waals surface area contributed by atoms with E-state index >= 15 is 0 Å². The summed E-state index contributed by atoms with van der Waals surface area (Å²) in [6.07, 6.45) is 18.3. The number of oxazole rings is 1. The van der Waals surface area contributed by atoms with Crippen LogP contribution >= 0.6 is 0 Å². The number of Topliss-reactive ketones (excluding diaryl/α,β-unsaturated/α-hetero) is 1. The lowest BCUT2D eigenvalue weighted by atomic mass is 9.78. The molecule has 5 aliphatic heterocycles. The second kappa shape index (κ2) is 44.4. The normalized spacial score (nSPS) is 28.7. The second-order valence-corrected chi connectivity index (χ2v) is 34.6.